The molecule has 0 spiro atoms. The van der Waals surface area contributed by atoms with Crippen LogP contribution < -0.4 is 16.4 Å². The van der Waals surface area contributed by atoms with E-state index in [1.807, 2.05) is 6.92 Å². The van der Waals surface area contributed by atoms with Crippen LogP contribution in [0.15, 0.2) is 70.4 Å². The van der Waals surface area contributed by atoms with E-state index in [4.69, 9.17) is 0 Å². The first-order valence-corrected chi connectivity index (χ1v) is 11.3. The monoisotopic (exact) mass is 469 g/mol. The predicted octanol–water partition coefficient (Wildman–Crippen LogP) is 0.984. The maximum atomic E-state index is 12.7. The quantitative estimate of drug-likeness (QED) is 0.518. The summed E-state index contributed by atoms with van der Waals surface area (Å²) < 4.78 is 27.7. The van der Waals surface area contributed by atoms with Crippen LogP contribution >= 0.6 is 0 Å². The predicted molar refractivity (Wildman–Crippen MR) is 121 cm³/mol. The largest absolute Gasteiger partial charge is 0.290 e. The number of carbonyl (C=O) groups is 2. The molecule has 10 nitrogen and oxygen atoms in total. The van der Waals surface area contributed by atoms with Gasteiger partial charge in [0.2, 0.25) is 10.0 Å². The highest BCUT2D eigenvalue weighted by molar-refractivity contribution is 7.89. The lowest BCUT2D eigenvalue weighted by molar-refractivity contribution is 0.0842. The number of hydrazine groups is 1. The SMILES string of the molecule is Cc1ccc(S(=O)(=O)N(C)Cc2ccc(C(=O)NNC(=O)c3ccc(=O)n(C)n3)cc2)cc1. The molecule has 0 bridgehead atoms. The van der Waals surface area contributed by atoms with Gasteiger partial charge in [0, 0.05) is 32.3 Å². The highest BCUT2D eigenvalue weighted by Crippen LogP contribution is 2.17. The third kappa shape index (κ3) is 5.70. The van der Waals surface area contributed by atoms with Crippen molar-refractivity contribution >= 4 is 21.8 Å². The van der Waals surface area contributed by atoms with E-state index < -0.39 is 21.8 Å². The Balaban J connectivity index is 1.60. The number of rotatable bonds is 6. The minimum absolute atomic E-state index is 0.0365. The number of carbonyl (C=O) groups excluding carboxylic acids is 2. The Morgan fingerprint density at radius 1 is 0.939 bits per heavy atom. The Kier molecular flexibility index (Phi) is 7.04. The fourth-order valence-corrected chi connectivity index (χ4v) is 4.03. The van der Waals surface area contributed by atoms with Crippen LogP contribution in [0.25, 0.3) is 0 Å². The van der Waals surface area contributed by atoms with Gasteiger partial charge in [0.25, 0.3) is 17.4 Å². The molecule has 0 saturated heterocycles. The zero-order chi connectivity index (χ0) is 24.2. The molecule has 172 valence electrons. The van der Waals surface area contributed by atoms with Crippen LogP contribution in [0.1, 0.15) is 32.0 Å². The summed E-state index contributed by atoms with van der Waals surface area (Å²) in [6, 6.07) is 15.4. The highest BCUT2D eigenvalue weighted by atomic mass is 32.2. The van der Waals surface area contributed by atoms with Crippen molar-refractivity contribution < 1.29 is 18.0 Å². The summed E-state index contributed by atoms with van der Waals surface area (Å²) in [5, 5.41) is 3.80. The number of benzene rings is 2. The maximum absolute atomic E-state index is 12.7. The van der Waals surface area contributed by atoms with Crippen molar-refractivity contribution in [3.63, 3.8) is 0 Å². The Morgan fingerprint density at radius 2 is 1.55 bits per heavy atom. The fourth-order valence-electron chi connectivity index (χ4n) is 2.87. The highest BCUT2D eigenvalue weighted by Gasteiger charge is 2.21. The third-order valence-corrected chi connectivity index (χ3v) is 6.65. The summed E-state index contributed by atoms with van der Waals surface area (Å²) in [6.07, 6.45) is 0. The summed E-state index contributed by atoms with van der Waals surface area (Å²) >= 11 is 0. The van der Waals surface area contributed by atoms with Crippen LogP contribution in [0.4, 0.5) is 0 Å². The molecular formula is C22H23N5O5S. The number of aromatic nitrogens is 2. The van der Waals surface area contributed by atoms with E-state index in [0.29, 0.717) is 5.56 Å². The van der Waals surface area contributed by atoms with Gasteiger partial charge in [-0.3, -0.25) is 25.2 Å². The number of hydrogen-bond donors (Lipinski definition) is 2. The lowest BCUT2D eigenvalue weighted by Gasteiger charge is -2.17. The molecule has 11 heteroatoms. The number of hydrogen-bond acceptors (Lipinski definition) is 6. The van der Waals surface area contributed by atoms with Gasteiger partial charge in [-0.15, -0.1) is 0 Å². The van der Waals surface area contributed by atoms with Crippen molar-refractivity contribution in [2.24, 2.45) is 7.05 Å². The minimum atomic E-state index is -3.65. The molecule has 0 aliphatic rings. The molecule has 2 amide bonds. The summed E-state index contributed by atoms with van der Waals surface area (Å²) in [4.78, 5) is 35.9. The molecule has 0 fully saturated rings. The molecule has 1 aromatic heterocycles. The van der Waals surface area contributed by atoms with E-state index in [9.17, 15) is 22.8 Å². The second-order valence-electron chi connectivity index (χ2n) is 7.36. The number of nitrogens with one attached hydrogen (secondary N) is 2. The molecule has 2 aromatic carbocycles. The first-order valence-electron chi connectivity index (χ1n) is 9.85. The van der Waals surface area contributed by atoms with Gasteiger partial charge in [0.05, 0.1) is 4.90 Å². The van der Waals surface area contributed by atoms with Crippen molar-refractivity contribution in [1.82, 2.24) is 24.9 Å². The van der Waals surface area contributed by atoms with Gasteiger partial charge in [-0.1, -0.05) is 29.8 Å². The van der Waals surface area contributed by atoms with Crippen molar-refractivity contribution in [3.8, 4) is 0 Å². The summed E-state index contributed by atoms with van der Waals surface area (Å²) in [7, 11) is -0.761. The van der Waals surface area contributed by atoms with E-state index in [0.717, 1.165) is 10.2 Å². The van der Waals surface area contributed by atoms with Gasteiger partial charge in [-0.05, 0) is 42.8 Å². The lowest BCUT2D eigenvalue weighted by Crippen LogP contribution is -2.42. The Hall–Kier alpha value is -3.83. The van der Waals surface area contributed by atoms with Crippen LogP contribution in [-0.2, 0) is 23.6 Å². The summed E-state index contributed by atoms with van der Waals surface area (Å²) in [5.41, 5.74) is 6.00. The number of aryl methyl sites for hydroxylation is 2. The zero-order valence-corrected chi connectivity index (χ0v) is 19.1. The van der Waals surface area contributed by atoms with Crippen molar-refractivity contribution in [1.29, 1.82) is 0 Å². The average Bonchev–Trinajstić information content (AvgIpc) is 2.79. The Labute approximate surface area is 190 Å². The molecule has 0 aliphatic carbocycles. The van der Waals surface area contributed by atoms with E-state index in [1.165, 1.54) is 42.7 Å². The smallest absolute Gasteiger partial charge is 0.268 e. The minimum Gasteiger partial charge on any atom is -0.268 e. The normalized spacial score (nSPS) is 11.3. The van der Waals surface area contributed by atoms with Gasteiger partial charge in [-0.2, -0.15) is 9.40 Å². The second kappa shape index (κ2) is 9.76. The van der Waals surface area contributed by atoms with Crippen molar-refractivity contribution in [2.75, 3.05) is 7.05 Å². The van der Waals surface area contributed by atoms with Gasteiger partial charge in [0.1, 0.15) is 0 Å². The number of sulfonamides is 1. The van der Waals surface area contributed by atoms with Crippen LogP contribution in [0.2, 0.25) is 0 Å². The van der Waals surface area contributed by atoms with Crippen molar-refractivity contribution in [2.45, 2.75) is 18.4 Å². The van der Waals surface area contributed by atoms with Gasteiger partial charge < -0.3 is 0 Å². The molecule has 0 unspecified atom stereocenters. The summed E-state index contributed by atoms with van der Waals surface area (Å²) in [6.45, 7) is 2.00. The summed E-state index contributed by atoms with van der Waals surface area (Å²) in [5.74, 6) is -1.25. The Morgan fingerprint density at radius 3 is 2.15 bits per heavy atom. The molecule has 3 rings (SSSR count). The lowest BCUT2D eigenvalue weighted by atomic mass is 10.1. The molecule has 3 aromatic rings. The number of amides is 2. The maximum Gasteiger partial charge on any atom is 0.290 e. The number of nitrogens with zero attached hydrogens (tertiary/aromatic N) is 3. The molecule has 0 radical (unpaired) electrons. The van der Waals surface area contributed by atoms with Gasteiger partial charge in [-0.25, -0.2) is 13.1 Å². The first-order chi connectivity index (χ1) is 15.6. The van der Waals surface area contributed by atoms with Crippen LogP contribution in [0.5, 0.6) is 0 Å². The van der Waals surface area contributed by atoms with Gasteiger partial charge >= 0.3 is 0 Å². The van der Waals surface area contributed by atoms with Crippen LogP contribution in [0.3, 0.4) is 0 Å². The first kappa shape index (κ1) is 23.8. The van der Waals surface area contributed by atoms with Crippen molar-refractivity contribution in [3.05, 3.63) is 93.4 Å². The zero-order valence-electron chi connectivity index (χ0n) is 18.3. The van der Waals surface area contributed by atoms with E-state index in [1.54, 1.807) is 36.4 Å². The molecule has 0 atom stereocenters. The van der Waals surface area contributed by atoms with E-state index in [2.05, 4.69) is 16.0 Å². The standard InChI is InChI=1S/C22H23N5O5S/c1-15-4-10-18(11-5-15)33(31,32)26(2)14-16-6-8-17(9-7-16)21(29)23-24-22(30)19-12-13-20(28)27(3)25-19/h4-13H,14H2,1-3H3,(H,23,29)(H,24,30). The Bertz CT molecular complexity index is 1330. The van der Waals surface area contributed by atoms with Crippen LogP contribution in [-0.4, -0.2) is 41.4 Å². The van der Waals surface area contributed by atoms with E-state index >= 15 is 0 Å². The topological polar surface area (TPSA) is 130 Å². The fraction of sp³-hybridized carbons (Fsp3) is 0.182. The second-order valence-corrected chi connectivity index (χ2v) is 9.40. The molecule has 0 saturated carbocycles. The van der Waals surface area contributed by atoms with Gasteiger partial charge in [0.15, 0.2) is 5.69 Å². The van der Waals surface area contributed by atoms with E-state index in [-0.39, 0.29) is 28.3 Å². The molecule has 2 N–H and O–H groups in total. The average molecular weight is 470 g/mol. The molecule has 0 aliphatic heterocycles. The molecule has 33 heavy (non-hydrogen) atoms. The molecular weight excluding hydrogens is 446 g/mol. The molecule has 1 heterocycles. The third-order valence-electron chi connectivity index (χ3n) is 4.83. The van der Waals surface area contributed by atoms with Crippen LogP contribution in [0, 0.1) is 6.92 Å².